The number of hydrogen-bond donors (Lipinski definition) is 1. The van der Waals surface area contributed by atoms with Crippen LogP contribution in [0.4, 0.5) is 10.9 Å². The summed E-state index contributed by atoms with van der Waals surface area (Å²) >= 11 is 1.58. The van der Waals surface area contributed by atoms with E-state index in [1.807, 2.05) is 36.4 Å². The summed E-state index contributed by atoms with van der Waals surface area (Å²) in [5.41, 5.74) is 2.22. The topological polar surface area (TPSA) is 47.0 Å². The average molecular weight is 297 g/mol. The molecule has 0 amide bonds. The van der Waals surface area contributed by atoms with Crippen molar-refractivity contribution in [1.82, 2.24) is 9.97 Å². The maximum atomic E-state index is 5.24. The van der Waals surface area contributed by atoms with Gasteiger partial charge in [0.2, 0.25) is 0 Å². The minimum absolute atomic E-state index is 0.789. The molecule has 0 saturated carbocycles. The van der Waals surface area contributed by atoms with E-state index >= 15 is 0 Å². The molecule has 4 nitrogen and oxygen atoms in total. The van der Waals surface area contributed by atoms with Crippen molar-refractivity contribution in [2.24, 2.45) is 0 Å². The minimum Gasteiger partial charge on any atom is -0.497 e. The molecule has 2 heterocycles. The normalized spacial score (nSPS) is 10.3. The lowest BCUT2D eigenvalue weighted by Gasteiger charge is -2.03. The van der Waals surface area contributed by atoms with Crippen LogP contribution >= 0.6 is 11.3 Å². The van der Waals surface area contributed by atoms with Crippen LogP contribution in [0, 0.1) is 0 Å². The molecule has 0 aliphatic heterocycles. The van der Waals surface area contributed by atoms with Gasteiger partial charge in [0, 0.05) is 18.0 Å². The molecule has 21 heavy (non-hydrogen) atoms. The predicted molar refractivity (Wildman–Crippen MR) is 85.4 cm³/mol. The van der Waals surface area contributed by atoms with Crippen LogP contribution in [0.2, 0.25) is 0 Å². The van der Waals surface area contributed by atoms with Crippen molar-refractivity contribution in [1.29, 1.82) is 0 Å². The van der Waals surface area contributed by atoms with Crippen molar-refractivity contribution in [3.63, 3.8) is 0 Å². The van der Waals surface area contributed by atoms with Crippen molar-refractivity contribution < 1.29 is 4.74 Å². The van der Waals surface area contributed by atoms with Gasteiger partial charge in [-0.25, -0.2) is 9.97 Å². The molecule has 2 aromatic heterocycles. The molecule has 0 bridgehead atoms. The zero-order valence-electron chi connectivity index (χ0n) is 11.6. The first kappa shape index (κ1) is 13.6. The van der Waals surface area contributed by atoms with E-state index in [1.54, 1.807) is 24.6 Å². The van der Waals surface area contributed by atoms with E-state index in [1.165, 1.54) is 5.56 Å². The maximum absolute atomic E-state index is 5.24. The third-order valence-corrected chi connectivity index (χ3v) is 3.78. The van der Waals surface area contributed by atoms with E-state index in [4.69, 9.17) is 4.74 Å². The van der Waals surface area contributed by atoms with Crippen molar-refractivity contribution in [3.05, 3.63) is 65.3 Å². The Morgan fingerprint density at radius 1 is 1.19 bits per heavy atom. The van der Waals surface area contributed by atoms with Crippen molar-refractivity contribution in [2.75, 3.05) is 12.4 Å². The molecule has 106 valence electrons. The summed E-state index contributed by atoms with van der Waals surface area (Å²) in [6.07, 6.45) is 2.55. The Bertz CT molecular complexity index is 712. The highest BCUT2D eigenvalue weighted by Gasteiger charge is 2.05. The third-order valence-electron chi connectivity index (χ3n) is 2.97. The fraction of sp³-hybridized carbons (Fsp3) is 0.125. The van der Waals surface area contributed by atoms with Crippen LogP contribution in [-0.4, -0.2) is 17.1 Å². The van der Waals surface area contributed by atoms with Gasteiger partial charge in [-0.1, -0.05) is 18.2 Å². The second kappa shape index (κ2) is 6.37. The van der Waals surface area contributed by atoms with Gasteiger partial charge in [-0.3, -0.25) is 0 Å². The lowest BCUT2D eigenvalue weighted by molar-refractivity contribution is 0.414. The van der Waals surface area contributed by atoms with Gasteiger partial charge in [-0.2, -0.15) is 0 Å². The number of aromatic nitrogens is 2. The summed E-state index contributed by atoms with van der Waals surface area (Å²) in [6.45, 7) is 0. The molecule has 1 N–H and O–H groups in total. The van der Waals surface area contributed by atoms with Crippen LogP contribution in [0.1, 0.15) is 11.3 Å². The second-order valence-electron chi connectivity index (χ2n) is 4.51. The monoisotopic (exact) mass is 297 g/mol. The van der Waals surface area contributed by atoms with E-state index < -0.39 is 0 Å². The van der Waals surface area contributed by atoms with Crippen molar-refractivity contribution >= 4 is 22.3 Å². The molecule has 0 saturated heterocycles. The highest BCUT2D eigenvalue weighted by atomic mass is 32.1. The van der Waals surface area contributed by atoms with E-state index in [9.17, 15) is 0 Å². The number of pyridine rings is 1. The zero-order valence-corrected chi connectivity index (χ0v) is 12.4. The first-order chi connectivity index (χ1) is 10.3. The highest BCUT2D eigenvalue weighted by Crippen LogP contribution is 2.22. The number of thiazole rings is 1. The van der Waals surface area contributed by atoms with Crippen LogP contribution < -0.4 is 10.1 Å². The SMILES string of the molecule is COc1cccc(Cc2csc(Nc3ccccn3)n2)c1. The number of rotatable bonds is 5. The van der Waals surface area contributed by atoms with Crippen LogP contribution in [0.15, 0.2) is 54.0 Å². The number of methoxy groups -OCH3 is 1. The van der Waals surface area contributed by atoms with E-state index in [2.05, 4.69) is 26.7 Å². The fourth-order valence-corrected chi connectivity index (χ4v) is 2.70. The summed E-state index contributed by atoms with van der Waals surface area (Å²) in [5.74, 6) is 1.68. The smallest absolute Gasteiger partial charge is 0.188 e. The summed E-state index contributed by atoms with van der Waals surface area (Å²) < 4.78 is 5.24. The molecule has 0 unspecified atom stereocenters. The van der Waals surface area contributed by atoms with Gasteiger partial charge >= 0.3 is 0 Å². The van der Waals surface area contributed by atoms with Crippen LogP contribution in [0.25, 0.3) is 0 Å². The highest BCUT2D eigenvalue weighted by molar-refractivity contribution is 7.13. The minimum atomic E-state index is 0.789. The average Bonchev–Trinajstić information content (AvgIpc) is 2.95. The largest absolute Gasteiger partial charge is 0.497 e. The number of anilines is 2. The molecule has 1 aromatic carbocycles. The third kappa shape index (κ3) is 3.58. The Morgan fingerprint density at radius 3 is 2.95 bits per heavy atom. The number of benzene rings is 1. The van der Waals surface area contributed by atoms with Crippen LogP contribution in [0.5, 0.6) is 5.75 Å². The number of hydrogen-bond acceptors (Lipinski definition) is 5. The van der Waals surface area contributed by atoms with Gasteiger partial charge in [0.1, 0.15) is 11.6 Å². The summed E-state index contributed by atoms with van der Waals surface area (Å²) in [7, 11) is 1.68. The summed E-state index contributed by atoms with van der Waals surface area (Å²) in [5, 5.41) is 6.12. The molecule has 0 radical (unpaired) electrons. The van der Waals surface area contributed by atoms with Crippen molar-refractivity contribution in [3.8, 4) is 5.75 Å². The lowest BCUT2D eigenvalue weighted by Crippen LogP contribution is -1.93. The molecular weight excluding hydrogens is 282 g/mol. The van der Waals surface area contributed by atoms with Gasteiger partial charge in [-0.05, 0) is 29.8 Å². The van der Waals surface area contributed by atoms with Gasteiger partial charge in [0.25, 0.3) is 0 Å². The van der Waals surface area contributed by atoms with Crippen LogP contribution in [0.3, 0.4) is 0 Å². The predicted octanol–water partition coefficient (Wildman–Crippen LogP) is 3.88. The number of nitrogens with one attached hydrogen (secondary N) is 1. The second-order valence-corrected chi connectivity index (χ2v) is 5.37. The Labute approximate surface area is 127 Å². The van der Waals surface area contributed by atoms with Crippen molar-refractivity contribution in [2.45, 2.75) is 6.42 Å². The molecule has 3 aromatic rings. The molecule has 0 aliphatic carbocycles. The Kier molecular flexibility index (Phi) is 4.12. The Hall–Kier alpha value is -2.40. The molecule has 0 fully saturated rings. The maximum Gasteiger partial charge on any atom is 0.188 e. The lowest BCUT2D eigenvalue weighted by atomic mass is 10.1. The van der Waals surface area contributed by atoms with E-state index in [0.29, 0.717) is 0 Å². The number of ether oxygens (including phenoxy) is 1. The molecule has 3 rings (SSSR count). The van der Waals surface area contributed by atoms with Gasteiger partial charge in [0.15, 0.2) is 5.13 Å². The summed E-state index contributed by atoms with van der Waals surface area (Å²) in [4.78, 5) is 8.81. The van der Waals surface area contributed by atoms with E-state index in [-0.39, 0.29) is 0 Å². The van der Waals surface area contributed by atoms with Crippen LogP contribution in [-0.2, 0) is 6.42 Å². The molecule has 0 atom stereocenters. The fourth-order valence-electron chi connectivity index (χ4n) is 1.98. The Morgan fingerprint density at radius 2 is 2.14 bits per heavy atom. The number of nitrogens with zero attached hydrogens (tertiary/aromatic N) is 2. The first-order valence-electron chi connectivity index (χ1n) is 6.59. The van der Waals surface area contributed by atoms with Gasteiger partial charge in [0.05, 0.1) is 12.8 Å². The molecule has 0 aliphatic rings. The standard InChI is InChI=1S/C16H15N3OS/c1-20-14-6-4-5-12(10-14)9-13-11-21-16(18-13)19-15-7-2-3-8-17-15/h2-8,10-11H,9H2,1H3,(H,17,18,19). The Balaban J connectivity index is 1.70. The van der Waals surface area contributed by atoms with E-state index in [0.717, 1.165) is 28.8 Å². The molecule has 0 spiro atoms. The first-order valence-corrected chi connectivity index (χ1v) is 7.47. The molecule has 5 heteroatoms. The zero-order chi connectivity index (χ0) is 14.5. The molecular formula is C16H15N3OS. The van der Waals surface area contributed by atoms with Gasteiger partial charge in [-0.15, -0.1) is 11.3 Å². The quantitative estimate of drug-likeness (QED) is 0.776. The summed E-state index contributed by atoms with van der Waals surface area (Å²) in [6, 6.07) is 13.8. The van der Waals surface area contributed by atoms with Gasteiger partial charge < -0.3 is 10.1 Å².